The Morgan fingerprint density at radius 3 is 2.65 bits per heavy atom. The van der Waals surface area contributed by atoms with Gasteiger partial charge in [-0.05, 0) is 49.7 Å². The molecule has 5 aromatic heterocycles. The van der Waals surface area contributed by atoms with Crippen LogP contribution in [0.3, 0.4) is 0 Å². The van der Waals surface area contributed by atoms with Crippen LogP contribution in [0.5, 0.6) is 0 Å². The zero-order valence-corrected chi connectivity index (χ0v) is 19.9. The maximum absolute atomic E-state index is 16.1. The lowest BCUT2D eigenvalue weighted by Gasteiger charge is -2.14. The number of fused-ring (bicyclic) bond motifs is 2. The molecule has 182 valence electrons. The highest BCUT2D eigenvalue weighted by Gasteiger charge is 2.21. The summed E-state index contributed by atoms with van der Waals surface area (Å²) in [5, 5.41) is 7.67. The highest BCUT2D eigenvalue weighted by Crippen LogP contribution is 2.34. The number of pyridine rings is 3. The zero-order valence-electron chi connectivity index (χ0n) is 19.9. The van der Waals surface area contributed by atoms with E-state index in [1.165, 1.54) is 12.8 Å². The third kappa shape index (κ3) is 3.84. The predicted molar refractivity (Wildman–Crippen MR) is 140 cm³/mol. The van der Waals surface area contributed by atoms with Gasteiger partial charge in [0.25, 0.3) is 0 Å². The third-order valence-corrected chi connectivity index (χ3v) is 6.93. The van der Waals surface area contributed by atoms with Gasteiger partial charge < -0.3 is 4.98 Å². The van der Waals surface area contributed by atoms with Crippen LogP contribution in [0.2, 0.25) is 0 Å². The molecule has 1 aliphatic heterocycles. The predicted octanol–water partition coefficient (Wildman–Crippen LogP) is 5.36. The van der Waals surface area contributed by atoms with Crippen molar-refractivity contribution in [2.24, 2.45) is 0 Å². The summed E-state index contributed by atoms with van der Waals surface area (Å²) in [5.74, 6) is 0.0314. The van der Waals surface area contributed by atoms with Crippen LogP contribution in [-0.2, 0) is 6.54 Å². The largest absolute Gasteiger partial charge is 0.337 e. The van der Waals surface area contributed by atoms with E-state index in [1.807, 2.05) is 42.6 Å². The summed E-state index contributed by atoms with van der Waals surface area (Å²) in [6.45, 7) is 2.97. The molecule has 0 saturated carbocycles. The van der Waals surface area contributed by atoms with E-state index in [1.54, 1.807) is 24.8 Å². The number of nitrogens with one attached hydrogen (secondary N) is 2. The van der Waals surface area contributed by atoms with Crippen LogP contribution in [-0.4, -0.2) is 53.1 Å². The minimum atomic E-state index is -0.450. The van der Waals surface area contributed by atoms with E-state index in [2.05, 4.69) is 35.0 Å². The lowest BCUT2D eigenvalue weighted by atomic mass is 10.1. The second-order valence-corrected chi connectivity index (χ2v) is 9.38. The van der Waals surface area contributed by atoms with Crippen LogP contribution in [0.1, 0.15) is 18.4 Å². The number of likely N-dealkylation sites (tertiary alicyclic amines) is 1. The van der Waals surface area contributed by atoms with Gasteiger partial charge in [0.15, 0.2) is 11.6 Å². The van der Waals surface area contributed by atoms with Gasteiger partial charge in [0.05, 0.1) is 28.1 Å². The number of hydrogen-bond acceptors (Lipinski definition) is 6. The van der Waals surface area contributed by atoms with E-state index >= 15 is 4.39 Å². The molecule has 8 nitrogen and oxygen atoms in total. The first-order valence-electron chi connectivity index (χ1n) is 12.3. The van der Waals surface area contributed by atoms with Crippen LogP contribution >= 0.6 is 0 Å². The number of para-hydroxylation sites is 1. The maximum atomic E-state index is 16.1. The molecule has 0 amide bonds. The molecule has 6 aromatic rings. The van der Waals surface area contributed by atoms with Gasteiger partial charge in [0.2, 0.25) is 0 Å². The second kappa shape index (κ2) is 8.86. The number of H-pyrrole nitrogens is 2. The van der Waals surface area contributed by atoms with E-state index in [0.717, 1.165) is 47.4 Å². The molecule has 0 spiro atoms. The van der Waals surface area contributed by atoms with Crippen molar-refractivity contribution in [3.8, 4) is 33.9 Å². The molecule has 9 heteroatoms. The molecule has 6 heterocycles. The van der Waals surface area contributed by atoms with Crippen molar-refractivity contribution >= 4 is 21.9 Å². The van der Waals surface area contributed by atoms with E-state index in [0.29, 0.717) is 28.0 Å². The maximum Gasteiger partial charge on any atom is 0.161 e. The van der Waals surface area contributed by atoms with Crippen molar-refractivity contribution in [2.45, 2.75) is 19.4 Å². The molecule has 0 radical (unpaired) electrons. The SMILES string of the molecule is Fc1c(-c2cncc(CN3CCCC3)c2)ncc2[nH]nc(-c3nc4c(-c5cccnc5)cccc4[nH]3)c12. The summed E-state index contributed by atoms with van der Waals surface area (Å²) < 4.78 is 16.1. The number of aromatic nitrogens is 7. The van der Waals surface area contributed by atoms with Gasteiger partial charge in [-0.1, -0.05) is 18.2 Å². The monoisotopic (exact) mass is 490 g/mol. The first kappa shape index (κ1) is 21.8. The standard InChI is InChI=1S/C28H23FN8/c29-24-23-22(15-32-25(24)19-11-17(12-31-14-19)16-37-9-1-2-10-37)35-36-27(23)28-33-21-7-3-6-20(26(21)34-28)18-5-4-8-30-13-18/h3-8,11-15H,1-2,9-10,16H2,(H,33,34)(H,35,36). The zero-order chi connectivity index (χ0) is 24.8. The molecule has 1 fully saturated rings. The fourth-order valence-electron chi connectivity index (χ4n) is 5.15. The van der Waals surface area contributed by atoms with E-state index in [4.69, 9.17) is 4.98 Å². The number of aromatic amines is 2. The van der Waals surface area contributed by atoms with Gasteiger partial charge >= 0.3 is 0 Å². The number of benzene rings is 1. The van der Waals surface area contributed by atoms with Crippen LogP contribution in [0, 0.1) is 5.82 Å². The van der Waals surface area contributed by atoms with Crippen LogP contribution < -0.4 is 0 Å². The highest BCUT2D eigenvalue weighted by atomic mass is 19.1. The number of imidazole rings is 1. The summed E-state index contributed by atoms with van der Waals surface area (Å²) in [6.07, 6.45) is 11.1. The van der Waals surface area contributed by atoms with Crippen LogP contribution in [0.4, 0.5) is 4.39 Å². The Hall–Kier alpha value is -4.50. The highest BCUT2D eigenvalue weighted by molar-refractivity contribution is 5.98. The van der Waals surface area contributed by atoms with Crippen molar-refractivity contribution in [3.63, 3.8) is 0 Å². The van der Waals surface area contributed by atoms with Crippen molar-refractivity contribution in [3.05, 3.63) is 78.8 Å². The normalized spacial score (nSPS) is 14.2. The average Bonchev–Trinajstić information content (AvgIpc) is 3.69. The summed E-state index contributed by atoms with van der Waals surface area (Å²) in [5.41, 5.74) is 6.36. The molecular formula is C28H23FN8. The molecule has 0 bridgehead atoms. The molecule has 37 heavy (non-hydrogen) atoms. The summed E-state index contributed by atoms with van der Waals surface area (Å²) in [7, 11) is 0. The fourth-order valence-corrected chi connectivity index (χ4v) is 5.15. The molecule has 1 aromatic carbocycles. The molecule has 1 saturated heterocycles. The topological polar surface area (TPSA) is 99.3 Å². The number of nitrogens with zero attached hydrogens (tertiary/aromatic N) is 6. The average molecular weight is 491 g/mol. The summed E-state index contributed by atoms with van der Waals surface area (Å²) in [6, 6.07) is 11.8. The Labute approximate surface area is 211 Å². The Morgan fingerprint density at radius 1 is 0.892 bits per heavy atom. The molecule has 7 rings (SSSR count). The minimum Gasteiger partial charge on any atom is -0.337 e. The number of halogens is 1. The van der Waals surface area contributed by atoms with Crippen molar-refractivity contribution in [1.82, 2.24) is 40.0 Å². The van der Waals surface area contributed by atoms with Gasteiger partial charge in [-0.15, -0.1) is 0 Å². The Bertz CT molecular complexity index is 1730. The van der Waals surface area contributed by atoms with E-state index in [-0.39, 0.29) is 5.69 Å². The third-order valence-electron chi connectivity index (χ3n) is 6.93. The lowest BCUT2D eigenvalue weighted by molar-refractivity contribution is 0.331. The van der Waals surface area contributed by atoms with Crippen molar-refractivity contribution in [1.29, 1.82) is 0 Å². The van der Waals surface area contributed by atoms with Gasteiger partial charge in [-0.3, -0.25) is 25.0 Å². The first-order chi connectivity index (χ1) is 18.2. The van der Waals surface area contributed by atoms with Crippen molar-refractivity contribution in [2.75, 3.05) is 13.1 Å². The fraction of sp³-hybridized carbons (Fsp3) is 0.179. The lowest BCUT2D eigenvalue weighted by Crippen LogP contribution is -2.18. The number of rotatable bonds is 5. The molecule has 0 atom stereocenters. The van der Waals surface area contributed by atoms with Gasteiger partial charge in [0, 0.05) is 48.0 Å². The van der Waals surface area contributed by atoms with Crippen LogP contribution in [0.15, 0.2) is 67.4 Å². The molecule has 0 unspecified atom stereocenters. The van der Waals surface area contributed by atoms with E-state index in [9.17, 15) is 0 Å². The molecule has 2 N–H and O–H groups in total. The quantitative estimate of drug-likeness (QED) is 0.338. The Balaban J connectivity index is 1.32. The first-order valence-corrected chi connectivity index (χ1v) is 12.3. The van der Waals surface area contributed by atoms with Gasteiger partial charge in [-0.2, -0.15) is 5.10 Å². The van der Waals surface area contributed by atoms with Gasteiger partial charge in [-0.25, -0.2) is 9.37 Å². The summed E-state index contributed by atoms with van der Waals surface area (Å²) >= 11 is 0. The molecule has 0 aliphatic carbocycles. The molecule has 1 aliphatic rings. The molecular weight excluding hydrogens is 467 g/mol. The second-order valence-electron chi connectivity index (χ2n) is 9.38. The number of hydrogen-bond donors (Lipinski definition) is 2. The summed E-state index contributed by atoms with van der Waals surface area (Å²) in [4.78, 5) is 23.6. The Kier molecular flexibility index (Phi) is 5.21. The van der Waals surface area contributed by atoms with Gasteiger partial charge in [0.1, 0.15) is 11.4 Å². The minimum absolute atomic E-state index is 0.248. The van der Waals surface area contributed by atoms with Crippen LogP contribution in [0.25, 0.3) is 55.8 Å². The smallest absolute Gasteiger partial charge is 0.161 e. The van der Waals surface area contributed by atoms with E-state index < -0.39 is 5.82 Å². The van der Waals surface area contributed by atoms with Crippen molar-refractivity contribution < 1.29 is 4.39 Å². The Morgan fingerprint density at radius 2 is 1.78 bits per heavy atom.